The van der Waals surface area contributed by atoms with Gasteiger partial charge >= 0.3 is 6.09 Å². The third-order valence-corrected chi connectivity index (χ3v) is 1.93. The highest BCUT2D eigenvalue weighted by Crippen LogP contribution is 2.12. The summed E-state index contributed by atoms with van der Waals surface area (Å²) in [5.74, 6) is 0. The minimum atomic E-state index is -1.28. The molecule has 1 amide bonds. The number of carbonyl (C=O) groups is 1. The zero-order chi connectivity index (χ0) is 10.6. The van der Waals surface area contributed by atoms with E-state index in [1.54, 1.807) is 4.90 Å². The normalized spacial score (nSPS) is 17.7. The number of nitrogens with zero attached hydrogens (tertiary/aromatic N) is 2. The number of nitroso groups, excluding NO2 is 1. The van der Waals surface area contributed by atoms with Crippen molar-refractivity contribution in [3.05, 3.63) is 4.91 Å². The standard InChI is InChI=1S/C8H15N3O3/c1-8(2,10-13)14-7(12)11-5-3-9-4-6-11/h9H,3-6H2,1-2H3. The van der Waals surface area contributed by atoms with Crippen molar-refractivity contribution < 1.29 is 9.53 Å². The van der Waals surface area contributed by atoms with Crippen LogP contribution < -0.4 is 5.32 Å². The molecular formula is C8H15N3O3. The summed E-state index contributed by atoms with van der Waals surface area (Å²) in [7, 11) is 0. The molecule has 0 unspecified atom stereocenters. The van der Waals surface area contributed by atoms with Gasteiger partial charge in [-0.25, -0.2) is 4.79 Å². The van der Waals surface area contributed by atoms with E-state index < -0.39 is 11.8 Å². The number of hydrogen-bond acceptors (Lipinski definition) is 5. The lowest BCUT2D eigenvalue weighted by molar-refractivity contribution is 0.0162. The Labute approximate surface area is 82.6 Å². The monoisotopic (exact) mass is 201 g/mol. The first-order valence-corrected chi connectivity index (χ1v) is 4.58. The van der Waals surface area contributed by atoms with Crippen LogP contribution in [0.2, 0.25) is 0 Å². The second kappa shape index (κ2) is 4.36. The second-order valence-electron chi connectivity index (χ2n) is 3.64. The lowest BCUT2D eigenvalue weighted by Gasteiger charge is -2.28. The summed E-state index contributed by atoms with van der Waals surface area (Å²) in [5, 5.41) is 5.83. The maximum Gasteiger partial charge on any atom is 0.412 e. The molecule has 1 saturated heterocycles. The maximum absolute atomic E-state index is 11.4. The molecule has 1 aliphatic rings. The minimum Gasteiger partial charge on any atom is -0.418 e. The van der Waals surface area contributed by atoms with Crippen LogP contribution in [-0.2, 0) is 4.74 Å². The summed E-state index contributed by atoms with van der Waals surface area (Å²) in [6.45, 7) is 5.63. The molecule has 1 fully saturated rings. The molecule has 0 aromatic carbocycles. The van der Waals surface area contributed by atoms with Crippen LogP contribution in [0.3, 0.4) is 0 Å². The maximum atomic E-state index is 11.4. The molecule has 6 nitrogen and oxygen atoms in total. The van der Waals surface area contributed by atoms with E-state index in [4.69, 9.17) is 4.74 Å². The molecule has 6 heteroatoms. The number of amides is 1. The van der Waals surface area contributed by atoms with Gasteiger partial charge in [-0.15, -0.1) is 4.91 Å². The second-order valence-corrected chi connectivity index (χ2v) is 3.64. The Kier molecular flexibility index (Phi) is 3.40. The Morgan fingerprint density at radius 2 is 2.00 bits per heavy atom. The summed E-state index contributed by atoms with van der Waals surface area (Å²) in [5.41, 5.74) is -1.28. The number of rotatable bonds is 2. The smallest absolute Gasteiger partial charge is 0.412 e. The summed E-state index contributed by atoms with van der Waals surface area (Å²) in [6, 6.07) is 0. The zero-order valence-corrected chi connectivity index (χ0v) is 8.45. The van der Waals surface area contributed by atoms with Crippen LogP contribution in [0.4, 0.5) is 4.79 Å². The number of nitrogens with one attached hydrogen (secondary N) is 1. The Morgan fingerprint density at radius 3 is 2.50 bits per heavy atom. The Bertz CT molecular complexity index is 224. The fourth-order valence-electron chi connectivity index (χ4n) is 1.14. The third kappa shape index (κ3) is 2.95. The van der Waals surface area contributed by atoms with Gasteiger partial charge in [-0.2, -0.15) is 0 Å². The van der Waals surface area contributed by atoms with Crippen molar-refractivity contribution in [2.75, 3.05) is 26.2 Å². The molecule has 0 radical (unpaired) electrons. The predicted molar refractivity (Wildman–Crippen MR) is 50.8 cm³/mol. The fraction of sp³-hybridized carbons (Fsp3) is 0.875. The van der Waals surface area contributed by atoms with Crippen LogP contribution in [0.5, 0.6) is 0 Å². The lowest BCUT2D eigenvalue weighted by Crippen LogP contribution is -2.48. The molecule has 14 heavy (non-hydrogen) atoms. The number of carbonyl (C=O) groups excluding carboxylic acids is 1. The van der Waals surface area contributed by atoms with Crippen LogP contribution in [-0.4, -0.2) is 42.9 Å². The Balaban J connectivity index is 2.44. The van der Waals surface area contributed by atoms with Crippen LogP contribution in [0.1, 0.15) is 13.8 Å². The van der Waals surface area contributed by atoms with Gasteiger partial charge in [0.15, 0.2) is 0 Å². The van der Waals surface area contributed by atoms with Gasteiger partial charge < -0.3 is 15.0 Å². The van der Waals surface area contributed by atoms with E-state index in [1.807, 2.05) is 0 Å². The SMILES string of the molecule is CC(C)(N=O)OC(=O)N1CCNCC1. The molecule has 1 heterocycles. The van der Waals surface area contributed by atoms with E-state index in [-0.39, 0.29) is 0 Å². The van der Waals surface area contributed by atoms with Crippen molar-refractivity contribution in [3.63, 3.8) is 0 Å². The largest absolute Gasteiger partial charge is 0.418 e. The molecule has 0 bridgehead atoms. The molecule has 0 aliphatic carbocycles. The van der Waals surface area contributed by atoms with Crippen LogP contribution >= 0.6 is 0 Å². The Morgan fingerprint density at radius 1 is 1.43 bits per heavy atom. The lowest BCUT2D eigenvalue weighted by atomic mass is 10.3. The van der Waals surface area contributed by atoms with Crippen LogP contribution in [0, 0.1) is 4.91 Å². The molecular weight excluding hydrogens is 186 g/mol. The van der Waals surface area contributed by atoms with E-state index in [1.165, 1.54) is 13.8 Å². The van der Waals surface area contributed by atoms with Crippen molar-refractivity contribution in [2.45, 2.75) is 19.6 Å². The summed E-state index contributed by atoms with van der Waals surface area (Å²) >= 11 is 0. The molecule has 0 aromatic heterocycles. The van der Waals surface area contributed by atoms with Gasteiger partial charge in [-0.05, 0) is 19.0 Å². The third-order valence-electron chi connectivity index (χ3n) is 1.93. The fourth-order valence-corrected chi connectivity index (χ4v) is 1.14. The summed E-state index contributed by atoms with van der Waals surface area (Å²) in [4.78, 5) is 23.3. The van der Waals surface area contributed by atoms with Gasteiger partial charge in [0.1, 0.15) is 0 Å². The first kappa shape index (κ1) is 10.9. The highest BCUT2D eigenvalue weighted by molar-refractivity contribution is 5.68. The molecule has 1 N–H and O–H groups in total. The van der Waals surface area contributed by atoms with Crippen molar-refractivity contribution in [1.29, 1.82) is 0 Å². The van der Waals surface area contributed by atoms with Crippen molar-refractivity contribution in [1.82, 2.24) is 10.2 Å². The number of piperazine rings is 1. The quantitative estimate of drug-likeness (QED) is 0.661. The van der Waals surface area contributed by atoms with E-state index >= 15 is 0 Å². The summed E-state index contributed by atoms with van der Waals surface area (Å²) in [6.07, 6.45) is -0.476. The van der Waals surface area contributed by atoms with E-state index in [9.17, 15) is 9.70 Å². The predicted octanol–water partition coefficient (Wildman–Crippen LogP) is 0.531. The van der Waals surface area contributed by atoms with E-state index in [2.05, 4.69) is 10.5 Å². The molecule has 1 rings (SSSR count). The first-order chi connectivity index (χ1) is 6.55. The van der Waals surface area contributed by atoms with Gasteiger partial charge in [0.2, 0.25) is 5.72 Å². The van der Waals surface area contributed by atoms with Gasteiger partial charge in [0.25, 0.3) is 0 Å². The Hall–Kier alpha value is -1.17. The van der Waals surface area contributed by atoms with Crippen molar-refractivity contribution >= 4 is 6.09 Å². The topological polar surface area (TPSA) is 71.0 Å². The average molecular weight is 201 g/mol. The van der Waals surface area contributed by atoms with Gasteiger partial charge in [-0.1, -0.05) is 0 Å². The van der Waals surface area contributed by atoms with Crippen molar-refractivity contribution in [2.24, 2.45) is 5.18 Å². The highest BCUT2D eigenvalue weighted by atomic mass is 16.6. The van der Waals surface area contributed by atoms with Gasteiger partial charge in [-0.3, -0.25) is 0 Å². The molecule has 1 aliphatic heterocycles. The van der Waals surface area contributed by atoms with Crippen LogP contribution in [0.15, 0.2) is 5.18 Å². The van der Waals surface area contributed by atoms with E-state index in [0.29, 0.717) is 13.1 Å². The first-order valence-electron chi connectivity index (χ1n) is 4.58. The minimum absolute atomic E-state index is 0.476. The molecule has 0 spiro atoms. The van der Waals surface area contributed by atoms with Gasteiger partial charge in [0, 0.05) is 26.2 Å². The molecule has 0 atom stereocenters. The number of ether oxygens (including phenoxy) is 1. The van der Waals surface area contributed by atoms with Crippen molar-refractivity contribution in [3.8, 4) is 0 Å². The molecule has 0 aromatic rings. The van der Waals surface area contributed by atoms with Gasteiger partial charge in [0.05, 0.1) is 0 Å². The average Bonchev–Trinajstić information content (AvgIpc) is 2.19. The molecule has 80 valence electrons. The zero-order valence-electron chi connectivity index (χ0n) is 8.45. The highest BCUT2D eigenvalue weighted by Gasteiger charge is 2.27. The summed E-state index contributed by atoms with van der Waals surface area (Å²) < 4.78 is 4.91. The van der Waals surface area contributed by atoms with E-state index in [0.717, 1.165) is 13.1 Å². The number of hydrogen-bond donors (Lipinski definition) is 1. The van der Waals surface area contributed by atoms with Crippen LogP contribution in [0.25, 0.3) is 0 Å². The molecule has 0 saturated carbocycles.